The number of aromatic nitrogens is 1. The zero-order valence-corrected chi connectivity index (χ0v) is 16.7. The van der Waals surface area contributed by atoms with Crippen LogP contribution < -0.4 is 5.32 Å². The first-order valence-corrected chi connectivity index (χ1v) is 7.94. The molecule has 1 aromatic heterocycles. The van der Waals surface area contributed by atoms with Gasteiger partial charge in [-0.15, -0.1) is 24.8 Å². The number of anilines is 1. The molecule has 0 aliphatic rings. The fourth-order valence-electron chi connectivity index (χ4n) is 2.46. The second kappa shape index (κ2) is 9.24. The summed E-state index contributed by atoms with van der Waals surface area (Å²) in [6.45, 7) is 2.18. The van der Waals surface area contributed by atoms with E-state index in [1.807, 2.05) is 37.3 Å². The quantitative estimate of drug-likeness (QED) is 0.391. The normalized spacial score (nSPS) is 9.96. The topological polar surface area (TPSA) is 68.1 Å². The maximum absolute atomic E-state index is 11.0. The summed E-state index contributed by atoms with van der Waals surface area (Å²) >= 11 is 12.3. The van der Waals surface area contributed by atoms with Gasteiger partial charge in [-0.3, -0.25) is 15.1 Å². The van der Waals surface area contributed by atoms with E-state index < -0.39 is 4.92 Å². The first kappa shape index (κ1) is 22.3. The number of nitro groups is 1. The molecule has 0 fully saturated rings. The van der Waals surface area contributed by atoms with Crippen molar-refractivity contribution in [3.63, 3.8) is 0 Å². The molecule has 9 heteroatoms. The van der Waals surface area contributed by atoms with Crippen LogP contribution in [0.1, 0.15) is 11.3 Å². The van der Waals surface area contributed by atoms with Gasteiger partial charge in [0.05, 0.1) is 16.1 Å². The fraction of sp³-hybridized carbons (Fsp3) is 0.118. The van der Waals surface area contributed by atoms with Crippen molar-refractivity contribution in [2.24, 2.45) is 0 Å². The van der Waals surface area contributed by atoms with Crippen LogP contribution in [0.2, 0.25) is 10.0 Å². The standard InChI is InChI=1S/C17H13Cl2N3O2.2ClH/c1-10-5-6-11-3-2-4-14(17(11)21-10)20-9-12-13(18)7-8-15(16(12)19)22(23)24;;/h2-8,20H,9H2,1H3;2*1H. The average Bonchev–Trinajstić information content (AvgIpc) is 2.54. The Balaban J connectivity index is 0.00000169. The number of fused-ring (bicyclic) bond motifs is 1. The van der Waals surface area contributed by atoms with E-state index >= 15 is 0 Å². The van der Waals surface area contributed by atoms with Crippen molar-refractivity contribution in [3.8, 4) is 0 Å². The van der Waals surface area contributed by atoms with Gasteiger partial charge in [0.25, 0.3) is 5.69 Å². The number of benzene rings is 2. The van der Waals surface area contributed by atoms with Crippen molar-refractivity contribution in [2.45, 2.75) is 13.5 Å². The van der Waals surface area contributed by atoms with Crippen molar-refractivity contribution in [3.05, 3.63) is 73.9 Å². The third-order valence-corrected chi connectivity index (χ3v) is 4.45. The van der Waals surface area contributed by atoms with E-state index in [1.54, 1.807) is 0 Å². The van der Waals surface area contributed by atoms with Gasteiger partial charge in [-0.05, 0) is 25.1 Å². The van der Waals surface area contributed by atoms with Crippen molar-refractivity contribution in [2.75, 3.05) is 5.32 Å². The Hall–Kier alpha value is -1.79. The zero-order valence-electron chi connectivity index (χ0n) is 13.5. The number of pyridine rings is 1. The molecular weight excluding hydrogens is 420 g/mol. The number of nitrogens with zero attached hydrogens (tertiary/aromatic N) is 2. The van der Waals surface area contributed by atoms with Gasteiger partial charge in [-0.25, -0.2) is 0 Å². The van der Waals surface area contributed by atoms with Crippen LogP contribution in [0.4, 0.5) is 11.4 Å². The molecule has 0 aliphatic heterocycles. The van der Waals surface area contributed by atoms with Gasteiger partial charge in [0, 0.05) is 34.3 Å². The monoisotopic (exact) mass is 433 g/mol. The molecule has 0 spiro atoms. The lowest BCUT2D eigenvalue weighted by Crippen LogP contribution is -2.03. The van der Waals surface area contributed by atoms with E-state index in [4.69, 9.17) is 23.2 Å². The SMILES string of the molecule is Cc1ccc2cccc(NCc3c(Cl)ccc([N+](=O)[O-])c3Cl)c2n1.Cl.Cl. The molecule has 3 aromatic rings. The molecule has 1 heterocycles. The molecule has 138 valence electrons. The Kier molecular flexibility index (Phi) is 7.90. The zero-order chi connectivity index (χ0) is 17.3. The Bertz CT molecular complexity index is 951. The molecular formula is C17H15Cl4N3O2. The highest BCUT2D eigenvalue weighted by Gasteiger charge is 2.18. The van der Waals surface area contributed by atoms with Crippen LogP contribution >= 0.6 is 48.0 Å². The minimum Gasteiger partial charge on any atom is -0.379 e. The highest BCUT2D eigenvalue weighted by molar-refractivity contribution is 6.37. The summed E-state index contributed by atoms with van der Waals surface area (Å²) in [6, 6.07) is 12.5. The Morgan fingerprint density at radius 3 is 2.54 bits per heavy atom. The number of para-hydroxylation sites is 1. The molecule has 0 saturated heterocycles. The van der Waals surface area contributed by atoms with E-state index in [-0.39, 0.29) is 42.1 Å². The maximum Gasteiger partial charge on any atom is 0.288 e. The minimum atomic E-state index is -0.523. The van der Waals surface area contributed by atoms with Crippen LogP contribution in [-0.2, 0) is 6.54 Å². The van der Waals surface area contributed by atoms with Gasteiger partial charge < -0.3 is 5.32 Å². The summed E-state index contributed by atoms with van der Waals surface area (Å²) in [7, 11) is 0. The number of aryl methyl sites for hydroxylation is 1. The van der Waals surface area contributed by atoms with Crippen LogP contribution in [0.25, 0.3) is 10.9 Å². The predicted molar refractivity (Wildman–Crippen MR) is 111 cm³/mol. The van der Waals surface area contributed by atoms with E-state index in [0.29, 0.717) is 10.6 Å². The molecule has 1 N–H and O–H groups in total. The summed E-state index contributed by atoms with van der Waals surface area (Å²) < 4.78 is 0. The molecule has 3 rings (SSSR count). The Morgan fingerprint density at radius 1 is 1.12 bits per heavy atom. The molecule has 0 bridgehead atoms. The van der Waals surface area contributed by atoms with E-state index in [9.17, 15) is 10.1 Å². The second-order valence-electron chi connectivity index (χ2n) is 5.30. The van der Waals surface area contributed by atoms with Crippen LogP contribution in [-0.4, -0.2) is 9.91 Å². The predicted octanol–water partition coefficient (Wildman–Crippen LogP) is 6.21. The molecule has 0 unspecified atom stereocenters. The number of rotatable bonds is 4. The number of hydrogen-bond donors (Lipinski definition) is 1. The van der Waals surface area contributed by atoms with E-state index in [1.165, 1.54) is 12.1 Å². The molecule has 5 nitrogen and oxygen atoms in total. The van der Waals surface area contributed by atoms with E-state index in [0.717, 1.165) is 22.3 Å². The molecule has 2 aromatic carbocycles. The molecule has 0 atom stereocenters. The van der Waals surface area contributed by atoms with Crippen molar-refractivity contribution in [1.82, 2.24) is 4.98 Å². The number of hydrogen-bond acceptors (Lipinski definition) is 4. The first-order valence-electron chi connectivity index (χ1n) is 7.19. The van der Waals surface area contributed by atoms with Gasteiger partial charge in [0.15, 0.2) is 0 Å². The molecule has 0 amide bonds. The summed E-state index contributed by atoms with van der Waals surface area (Å²) in [5.41, 5.74) is 2.87. The van der Waals surface area contributed by atoms with Crippen LogP contribution in [0, 0.1) is 17.0 Å². The van der Waals surface area contributed by atoms with Crippen molar-refractivity contribution >= 4 is 70.3 Å². The lowest BCUT2D eigenvalue weighted by molar-refractivity contribution is -0.384. The lowest BCUT2D eigenvalue weighted by Gasteiger charge is -2.12. The summed E-state index contributed by atoms with van der Waals surface area (Å²) in [5, 5.41) is 15.7. The fourth-order valence-corrected chi connectivity index (χ4v) is 3.03. The summed E-state index contributed by atoms with van der Waals surface area (Å²) in [5.74, 6) is 0. The summed E-state index contributed by atoms with van der Waals surface area (Å²) in [6.07, 6.45) is 0. The highest BCUT2D eigenvalue weighted by atomic mass is 35.5. The molecule has 0 saturated carbocycles. The van der Waals surface area contributed by atoms with E-state index in [2.05, 4.69) is 10.3 Å². The Labute approximate surface area is 172 Å². The third-order valence-electron chi connectivity index (χ3n) is 3.68. The van der Waals surface area contributed by atoms with Crippen LogP contribution in [0.3, 0.4) is 0 Å². The van der Waals surface area contributed by atoms with Gasteiger partial charge in [0.2, 0.25) is 0 Å². The number of halogens is 4. The highest BCUT2D eigenvalue weighted by Crippen LogP contribution is 2.34. The number of nitro benzene ring substituents is 1. The summed E-state index contributed by atoms with van der Waals surface area (Å²) in [4.78, 5) is 15.0. The largest absolute Gasteiger partial charge is 0.379 e. The Morgan fingerprint density at radius 2 is 1.85 bits per heavy atom. The van der Waals surface area contributed by atoms with Gasteiger partial charge in [0.1, 0.15) is 5.02 Å². The van der Waals surface area contributed by atoms with Crippen LogP contribution in [0.5, 0.6) is 0 Å². The molecule has 0 radical (unpaired) electrons. The van der Waals surface area contributed by atoms with Crippen molar-refractivity contribution < 1.29 is 4.92 Å². The number of nitrogens with one attached hydrogen (secondary N) is 1. The van der Waals surface area contributed by atoms with Crippen molar-refractivity contribution in [1.29, 1.82) is 0 Å². The van der Waals surface area contributed by atoms with Gasteiger partial charge in [-0.2, -0.15) is 0 Å². The lowest BCUT2D eigenvalue weighted by atomic mass is 10.1. The first-order chi connectivity index (χ1) is 11.5. The van der Waals surface area contributed by atoms with Gasteiger partial charge in [-0.1, -0.05) is 41.4 Å². The minimum absolute atomic E-state index is 0. The third kappa shape index (κ3) is 4.48. The molecule has 0 aliphatic carbocycles. The average molecular weight is 435 g/mol. The maximum atomic E-state index is 11.0. The van der Waals surface area contributed by atoms with Crippen LogP contribution in [0.15, 0.2) is 42.5 Å². The smallest absolute Gasteiger partial charge is 0.288 e. The second-order valence-corrected chi connectivity index (χ2v) is 6.08. The molecule has 26 heavy (non-hydrogen) atoms. The van der Waals surface area contributed by atoms with Gasteiger partial charge >= 0.3 is 0 Å².